The van der Waals surface area contributed by atoms with Crippen LogP contribution in [0.25, 0.3) is 0 Å². The Kier molecular flexibility index (Phi) is 12.4. The summed E-state index contributed by atoms with van der Waals surface area (Å²) in [7, 11) is 0. The van der Waals surface area contributed by atoms with Gasteiger partial charge in [-0.25, -0.2) is 4.79 Å². The predicted molar refractivity (Wildman–Crippen MR) is 130 cm³/mol. The lowest BCUT2D eigenvalue weighted by atomic mass is 9.97. The van der Waals surface area contributed by atoms with Crippen molar-refractivity contribution < 1.29 is 19.4 Å². The van der Waals surface area contributed by atoms with E-state index in [1.807, 2.05) is 0 Å². The molecule has 176 valence electrons. The van der Waals surface area contributed by atoms with E-state index < -0.39 is 0 Å². The Bertz CT molecular complexity index is 764. The molecule has 2 rings (SSSR count). The number of benzene rings is 1. The van der Waals surface area contributed by atoms with Gasteiger partial charge in [-0.3, -0.25) is 9.79 Å². The number of esters is 1. The fourth-order valence-corrected chi connectivity index (χ4v) is 3.83. The molecule has 1 aliphatic rings. The summed E-state index contributed by atoms with van der Waals surface area (Å²) in [6, 6.07) is 6.76. The Hall–Kier alpha value is -2.43. The smallest absolute Gasteiger partial charge is 0.338 e. The highest BCUT2D eigenvalue weighted by Gasteiger charge is 2.18. The highest BCUT2D eigenvalue weighted by molar-refractivity contribution is 6.14. The van der Waals surface area contributed by atoms with E-state index in [4.69, 9.17) is 4.74 Å². The van der Waals surface area contributed by atoms with Crippen molar-refractivity contribution in [1.29, 1.82) is 0 Å². The number of aliphatic hydroxyl groups excluding tert-OH is 1. The minimum absolute atomic E-state index is 0.0832. The van der Waals surface area contributed by atoms with Gasteiger partial charge in [0.15, 0.2) is 5.78 Å². The first-order chi connectivity index (χ1) is 15.6. The summed E-state index contributed by atoms with van der Waals surface area (Å²) in [6.45, 7) is 2.70. The number of unbranched alkanes of at least 4 members (excludes halogenated alkanes) is 10. The van der Waals surface area contributed by atoms with Gasteiger partial charge in [0.1, 0.15) is 5.76 Å². The average Bonchev–Trinajstić information content (AvgIpc) is 2.79. The summed E-state index contributed by atoms with van der Waals surface area (Å²) in [4.78, 5) is 28.3. The molecule has 0 saturated carbocycles. The molecule has 0 bridgehead atoms. The third-order valence-electron chi connectivity index (χ3n) is 5.86. The maximum Gasteiger partial charge on any atom is 0.338 e. The number of hydrogen-bond donors (Lipinski definition) is 1. The number of Topliss-reactive ketones (excluding diaryl/α,β-unsaturated/α-hetero) is 1. The lowest BCUT2D eigenvalue weighted by molar-refractivity contribution is -0.115. The standard InChI is InChI=1S/C27H39NO4/c1-2-3-4-5-6-7-8-9-10-11-12-20-32-27(31)22-16-18-23(19-17-22)28-21-24-25(29)14-13-15-26(24)30/h16-19,21,29H,2-15,20H2,1H3. The SMILES string of the molecule is CCCCCCCCCCCCCOC(=O)c1ccc(N=CC2=C(O)CCCC2=O)cc1. The number of carbonyl (C=O) groups excluding carboxylic acids is 2. The zero-order chi connectivity index (χ0) is 23.0. The van der Waals surface area contributed by atoms with Crippen molar-refractivity contribution in [2.75, 3.05) is 6.61 Å². The fraction of sp³-hybridized carbons (Fsp3) is 0.593. The monoisotopic (exact) mass is 441 g/mol. The number of carbonyl (C=O) groups is 2. The number of ether oxygens (including phenoxy) is 1. The molecular formula is C27H39NO4. The summed E-state index contributed by atoms with van der Waals surface area (Å²) in [6.07, 6.45) is 16.9. The van der Waals surface area contributed by atoms with E-state index in [1.54, 1.807) is 24.3 Å². The second kappa shape index (κ2) is 15.4. The zero-order valence-electron chi connectivity index (χ0n) is 19.6. The van der Waals surface area contributed by atoms with Gasteiger partial charge >= 0.3 is 5.97 Å². The van der Waals surface area contributed by atoms with Gasteiger partial charge in [0.05, 0.1) is 23.4 Å². The van der Waals surface area contributed by atoms with Crippen molar-refractivity contribution in [3.8, 4) is 0 Å². The van der Waals surface area contributed by atoms with Crippen LogP contribution in [0.3, 0.4) is 0 Å². The second-order valence-corrected chi connectivity index (χ2v) is 8.61. The first-order valence-corrected chi connectivity index (χ1v) is 12.4. The lowest BCUT2D eigenvalue weighted by Gasteiger charge is -2.11. The van der Waals surface area contributed by atoms with Crippen molar-refractivity contribution in [2.45, 2.75) is 96.8 Å². The second-order valence-electron chi connectivity index (χ2n) is 8.61. The minimum Gasteiger partial charge on any atom is -0.512 e. The van der Waals surface area contributed by atoms with Gasteiger partial charge in [-0.2, -0.15) is 0 Å². The molecule has 0 aromatic heterocycles. The van der Waals surface area contributed by atoms with E-state index in [0.29, 0.717) is 37.1 Å². The molecule has 0 aliphatic heterocycles. The number of rotatable bonds is 15. The Morgan fingerprint density at radius 1 is 0.938 bits per heavy atom. The maximum atomic E-state index is 12.2. The molecule has 0 saturated heterocycles. The highest BCUT2D eigenvalue weighted by Crippen LogP contribution is 2.20. The Balaban J connectivity index is 1.59. The highest BCUT2D eigenvalue weighted by atomic mass is 16.5. The quantitative estimate of drug-likeness (QED) is 0.174. The molecule has 1 aromatic carbocycles. The predicted octanol–water partition coefficient (Wildman–Crippen LogP) is 7.42. The van der Waals surface area contributed by atoms with Crippen LogP contribution in [-0.4, -0.2) is 29.7 Å². The van der Waals surface area contributed by atoms with Crippen molar-refractivity contribution in [1.82, 2.24) is 0 Å². The van der Waals surface area contributed by atoms with Gasteiger partial charge in [-0.05, 0) is 37.1 Å². The molecule has 0 radical (unpaired) electrons. The number of allylic oxidation sites excluding steroid dienone is 2. The van der Waals surface area contributed by atoms with Crippen molar-refractivity contribution >= 4 is 23.7 Å². The number of aliphatic imine (C=N–C) groups is 1. The summed E-state index contributed by atoms with van der Waals surface area (Å²) in [5.41, 5.74) is 1.39. The molecule has 1 N–H and O–H groups in total. The topological polar surface area (TPSA) is 76.0 Å². The largest absolute Gasteiger partial charge is 0.512 e. The van der Waals surface area contributed by atoms with E-state index in [0.717, 1.165) is 12.8 Å². The van der Waals surface area contributed by atoms with E-state index in [1.165, 1.54) is 64.0 Å². The van der Waals surface area contributed by atoms with Crippen LogP contribution in [0.1, 0.15) is 107 Å². The minimum atomic E-state index is -0.324. The molecule has 5 heteroatoms. The molecule has 0 spiro atoms. The van der Waals surface area contributed by atoms with Crippen molar-refractivity contribution in [3.05, 3.63) is 41.2 Å². The first kappa shape index (κ1) is 25.8. The molecule has 0 amide bonds. The summed E-state index contributed by atoms with van der Waals surface area (Å²) in [5, 5.41) is 9.85. The molecule has 1 aromatic rings. The Morgan fingerprint density at radius 2 is 1.53 bits per heavy atom. The van der Waals surface area contributed by atoms with Crippen LogP contribution >= 0.6 is 0 Å². The molecule has 0 fully saturated rings. The van der Waals surface area contributed by atoms with Crippen LogP contribution in [-0.2, 0) is 9.53 Å². The van der Waals surface area contributed by atoms with E-state index in [-0.39, 0.29) is 23.1 Å². The molecule has 1 aliphatic carbocycles. The molecule has 0 atom stereocenters. The summed E-state index contributed by atoms with van der Waals surface area (Å²) < 4.78 is 5.37. The van der Waals surface area contributed by atoms with Crippen LogP contribution < -0.4 is 0 Å². The van der Waals surface area contributed by atoms with Gasteiger partial charge in [0, 0.05) is 19.1 Å². The molecule has 0 unspecified atom stereocenters. The summed E-state index contributed by atoms with van der Waals surface area (Å²) in [5.74, 6) is -0.303. The average molecular weight is 442 g/mol. The third-order valence-corrected chi connectivity index (χ3v) is 5.86. The molecular weight excluding hydrogens is 402 g/mol. The normalized spacial score (nSPS) is 14.3. The molecule has 0 heterocycles. The van der Waals surface area contributed by atoms with Crippen LogP contribution in [0.4, 0.5) is 5.69 Å². The fourth-order valence-electron chi connectivity index (χ4n) is 3.83. The van der Waals surface area contributed by atoms with Gasteiger partial charge in [0.2, 0.25) is 0 Å². The van der Waals surface area contributed by atoms with E-state index >= 15 is 0 Å². The van der Waals surface area contributed by atoms with Gasteiger partial charge in [0.25, 0.3) is 0 Å². The number of nitrogens with zero attached hydrogens (tertiary/aromatic N) is 1. The van der Waals surface area contributed by atoms with Crippen LogP contribution in [0.15, 0.2) is 40.6 Å². The first-order valence-electron chi connectivity index (χ1n) is 12.4. The van der Waals surface area contributed by atoms with Gasteiger partial charge < -0.3 is 9.84 Å². The van der Waals surface area contributed by atoms with Crippen LogP contribution in [0.5, 0.6) is 0 Å². The Labute approximate surface area is 193 Å². The maximum absolute atomic E-state index is 12.2. The van der Waals surface area contributed by atoms with Crippen LogP contribution in [0.2, 0.25) is 0 Å². The van der Waals surface area contributed by atoms with E-state index in [2.05, 4.69) is 11.9 Å². The van der Waals surface area contributed by atoms with Crippen LogP contribution in [0, 0.1) is 0 Å². The number of ketones is 1. The number of aliphatic hydroxyl groups is 1. The van der Waals surface area contributed by atoms with Gasteiger partial charge in [-0.1, -0.05) is 71.1 Å². The molecule has 32 heavy (non-hydrogen) atoms. The van der Waals surface area contributed by atoms with E-state index in [9.17, 15) is 14.7 Å². The van der Waals surface area contributed by atoms with Crippen molar-refractivity contribution in [2.24, 2.45) is 4.99 Å². The van der Waals surface area contributed by atoms with Crippen molar-refractivity contribution in [3.63, 3.8) is 0 Å². The lowest BCUT2D eigenvalue weighted by Crippen LogP contribution is -2.12. The zero-order valence-corrected chi connectivity index (χ0v) is 19.6. The number of hydrogen-bond acceptors (Lipinski definition) is 5. The Morgan fingerprint density at radius 3 is 2.12 bits per heavy atom. The third kappa shape index (κ3) is 9.80. The van der Waals surface area contributed by atoms with Gasteiger partial charge in [-0.15, -0.1) is 0 Å². The summed E-state index contributed by atoms with van der Waals surface area (Å²) >= 11 is 0. The molecule has 5 nitrogen and oxygen atoms in total.